The molecule has 0 aliphatic heterocycles. The first-order valence-electron chi connectivity index (χ1n) is 6.15. The molecule has 2 atom stereocenters. The standard InChI is InChI=1S/C14H22FNO/c1-5-16-11(3)8-10(2)13-7-6-12(17-4)9-14(13)15/h6-7,9-11,16H,5,8H2,1-4H3. The first-order chi connectivity index (χ1) is 8.08. The topological polar surface area (TPSA) is 21.3 Å². The van der Waals surface area contributed by atoms with E-state index < -0.39 is 0 Å². The Kier molecular flexibility index (Phi) is 5.42. The van der Waals surface area contributed by atoms with Gasteiger partial charge < -0.3 is 10.1 Å². The molecule has 1 rings (SSSR count). The van der Waals surface area contributed by atoms with Crippen LogP contribution in [0.5, 0.6) is 5.75 Å². The molecule has 0 radical (unpaired) electrons. The number of hydrogen-bond acceptors (Lipinski definition) is 2. The highest BCUT2D eigenvalue weighted by Gasteiger charge is 2.14. The summed E-state index contributed by atoms with van der Waals surface area (Å²) in [7, 11) is 1.55. The molecule has 96 valence electrons. The third kappa shape index (κ3) is 4.00. The summed E-state index contributed by atoms with van der Waals surface area (Å²) in [6, 6.07) is 5.48. The van der Waals surface area contributed by atoms with Gasteiger partial charge in [-0.05, 0) is 37.4 Å². The number of ether oxygens (including phenoxy) is 1. The molecule has 2 nitrogen and oxygen atoms in total. The van der Waals surface area contributed by atoms with Crippen molar-refractivity contribution in [2.75, 3.05) is 13.7 Å². The van der Waals surface area contributed by atoms with E-state index in [9.17, 15) is 4.39 Å². The zero-order valence-corrected chi connectivity index (χ0v) is 11.1. The average molecular weight is 239 g/mol. The van der Waals surface area contributed by atoms with E-state index in [4.69, 9.17) is 4.74 Å². The predicted octanol–water partition coefficient (Wildman–Crippen LogP) is 3.33. The first kappa shape index (κ1) is 14.0. The van der Waals surface area contributed by atoms with Gasteiger partial charge in [0.25, 0.3) is 0 Å². The summed E-state index contributed by atoms with van der Waals surface area (Å²) < 4.78 is 18.8. The van der Waals surface area contributed by atoms with Crippen molar-refractivity contribution < 1.29 is 9.13 Å². The molecule has 3 heteroatoms. The highest BCUT2D eigenvalue weighted by atomic mass is 19.1. The minimum absolute atomic E-state index is 0.180. The van der Waals surface area contributed by atoms with Gasteiger partial charge in [-0.15, -0.1) is 0 Å². The van der Waals surface area contributed by atoms with Crippen molar-refractivity contribution in [3.8, 4) is 5.75 Å². The fourth-order valence-corrected chi connectivity index (χ4v) is 2.12. The molecule has 0 saturated heterocycles. The molecule has 1 aromatic rings. The second-order valence-corrected chi connectivity index (χ2v) is 4.48. The number of hydrogen-bond donors (Lipinski definition) is 1. The van der Waals surface area contributed by atoms with Crippen LogP contribution in [0.2, 0.25) is 0 Å². The number of methoxy groups -OCH3 is 1. The van der Waals surface area contributed by atoms with Crippen LogP contribution in [0.25, 0.3) is 0 Å². The summed E-state index contributed by atoms with van der Waals surface area (Å²) in [6.07, 6.45) is 0.928. The van der Waals surface area contributed by atoms with Gasteiger partial charge in [-0.2, -0.15) is 0 Å². The Morgan fingerprint density at radius 1 is 1.35 bits per heavy atom. The van der Waals surface area contributed by atoms with Crippen molar-refractivity contribution in [2.24, 2.45) is 0 Å². The quantitative estimate of drug-likeness (QED) is 0.822. The molecule has 0 aliphatic carbocycles. The number of nitrogens with one attached hydrogen (secondary N) is 1. The third-order valence-corrected chi connectivity index (χ3v) is 3.00. The van der Waals surface area contributed by atoms with Gasteiger partial charge in [0, 0.05) is 12.1 Å². The smallest absolute Gasteiger partial charge is 0.130 e. The Morgan fingerprint density at radius 2 is 2.06 bits per heavy atom. The maximum absolute atomic E-state index is 13.8. The summed E-state index contributed by atoms with van der Waals surface area (Å²) in [5, 5.41) is 3.34. The summed E-state index contributed by atoms with van der Waals surface area (Å²) in [4.78, 5) is 0. The van der Waals surface area contributed by atoms with Gasteiger partial charge in [-0.3, -0.25) is 0 Å². The largest absolute Gasteiger partial charge is 0.497 e. The Labute approximate surface area is 103 Å². The van der Waals surface area contributed by atoms with Gasteiger partial charge in [0.2, 0.25) is 0 Å². The Morgan fingerprint density at radius 3 is 2.59 bits per heavy atom. The average Bonchev–Trinajstić information content (AvgIpc) is 2.28. The Bertz CT molecular complexity index is 354. The molecule has 0 amide bonds. The van der Waals surface area contributed by atoms with Crippen LogP contribution in [-0.2, 0) is 0 Å². The highest BCUT2D eigenvalue weighted by Crippen LogP contribution is 2.26. The number of halogens is 1. The lowest BCUT2D eigenvalue weighted by Crippen LogP contribution is -2.27. The summed E-state index contributed by atoms with van der Waals surface area (Å²) in [6.45, 7) is 7.20. The second kappa shape index (κ2) is 6.60. The lowest BCUT2D eigenvalue weighted by atomic mass is 9.94. The first-order valence-corrected chi connectivity index (χ1v) is 6.15. The van der Waals surface area contributed by atoms with E-state index in [1.54, 1.807) is 7.11 Å². The van der Waals surface area contributed by atoms with E-state index in [2.05, 4.69) is 26.1 Å². The fraction of sp³-hybridized carbons (Fsp3) is 0.571. The maximum Gasteiger partial charge on any atom is 0.130 e. The number of rotatable bonds is 6. The van der Waals surface area contributed by atoms with E-state index >= 15 is 0 Å². The van der Waals surface area contributed by atoms with Gasteiger partial charge in [0.15, 0.2) is 0 Å². The molecular formula is C14H22FNO. The molecule has 0 heterocycles. The van der Waals surface area contributed by atoms with Crippen molar-refractivity contribution in [2.45, 2.75) is 39.2 Å². The molecule has 0 aromatic heterocycles. The maximum atomic E-state index is 13.8. The van der Waals surface area contributed by atoms with Crippen molar-refractivity contribution in [1.82, 2.24) is 5.32 Å². The van der Waals surface area contributed by atoms with Crippen LogP contribution in [0, 0.1) is 5.82 Å². The van der Waals surface area contributed by atoms with Crippen LogP contribution in [0.4, 0.5) is 4.39 Å². The highest BCUT2D eigenvalue weighted by molar-refractivity contribution is 5.30. The van der Waals surface area contributed by atoms with Crippen LogP contribution < -0.4 is 10.1 Å². The van der Waals surface area contributed by atoms with Crippen molar-refractivity contribution in [3.63, 3.8) is 0 Å². The molecule has 17 heavy (non-hydrogen) atoms. The molecule has 0 fully saturated rings. The van der Waals surface area contributed by atoms with E-state index in [1.165, 1.54) is 6.07 Å². The number of benzene rings is 1. The van der Waals surface area contributed by atoms with Gasteiger partial charge in [-0.25, -0.2) is 4.39 Å². The van der Waals surface area contributed by atoms with E-state index in [1.807, 2.05) is 12.1 Å². The van der Waals surface area contributed by atoms with E-state index in [-0.39, 0.29) is 11.7 Å². The van der Waals surface area contributed by atoms with E-state index in [0.717, 1.165) is 18.5 Å². The SMILES string of the molecule is CCNC(C)CC(C)c1ccc(OC)cc1F. The minimum Gasteiger partial charge on any atom is -0.497 e. The molecule has 0 bridgehead atoms. The summed E-state index contributed by atoms with van der Waals surface area (Å²) in [5.74, 6) is 0.591. The van der Waals surface area contributed by atoms with Crippen molar-refractivity contribution in [3.05, 3.63) is 29.6 Å². The third-order valence-electron chi connectivity index (χ3n) is 3.00. The zero-order valence-electron chi connectivity index (χ0n) is 11.1. The van der Waals surface area contributed by atoms with Crippen LogP contribution in [0.1, 0.15) is 38.7 Å². The van der Waals surface area contributed by atoms with Crippen LogP contribution in [0.15, 0.2) is 18.2 Å². The summed E-state index contributed by atoms with van der Waals surface area (Å²) >= 11 is 0. The summed E-state index contributed by atoms with van der Waals surface area (Å²) in [5.41, 5.74) is 0.760. The van der Waals surface area contributed by atoms with E-state index in [0.29, 0.717) is 11.8 Å². The Balaban J connectivity index is 2.71. The molecule has 0 saturated carbocycles. The van der Waals surface area contributed by atoms with Crippen LogP contribution in [0.3, 0.4) is 0 Å². The lowest BCUT2D eigenvalue weighted by Gasteiger charge is -2.19. The van der Waals surface area contributed by atoms with Gasteiger partial charge in [0.05, 0.1) is 7.11 Å². The monoisotopic (exact) mass is 239 g/mol. The predicted molar refractivity (Wildman–Crippen MR) is 69.1 cm³/mol. The molecule has 0 spiro atoms. The normalized spacial score (nSPS) is 14.4. The minimum atomic E-state index is -0.180. The molecule has 1 aromatic carbocycles. The zero-order chi connectivity index (χ0) is 12.8. The lowest BCUT2D eigenvalue weighted by molar-refractivity contribution is 0.409. The van der Waals surface area contributed by atoms with Crippen LogP contribution >= 0.6 is 0 Å². The van der Waals surface area contributed by atoms with Crippen molar-refractivity contribution >= 4 is 0 Å². The van der Waals surface area contributed by atoms with Crippen molar-refractivity contribution in [1.29, 1.82) is 0 Å². The second-order valence-electron chi connectivity index (χ2n) is 4.48. The molecule has 0 aliphatic rings. The van der Waals surface area contributed by atoms with Crippen LogP contribution in [-0.4, -0.2) is 19.7 Å². The van der Waals surface area contributed by atoms with Gasteiger partial charge >= 0.3 is 0 Å². The molecule has 2 unspecified atom stereocenters. The van der Waals surface area contributed by atoms with Gasteiger partial charge in [0.1, 0.15) is 11.6 Å². The molecular weight excluding hydrogens is 217 g/mol. The fourth-order valence-electron chi connectivity index (χ4n) is 2.12. The van der Waals surface area contributed by atoms with Gasteiger partial charge in [-0.1, -0.05) is 19.9 Å². The Hall–Kier alpha value is -1.09. The molecule has 1 N–H and O–H groups in total.